The standard InChI is InChI=1S/C12H11Cl3N2S/c1-6-7(2)18-11(17-6)5-16-12-9(14)3-8(13)4-10(12)15/h3-4,16H,5H2,1-2H3. The zero-order valence-corrected chi connectivity index (χ0v) is 12.9. The number of aryl methyl sites for hydroxylation is 2. The lowest BCUT2D eigenvalue weighted by molar-refractivity contribution is 1.07. The molecule has 18 heavy (non-hydrogen) atoms. The highest BCUT2D eigenvalue weighted by Gasteiger charge is 2.09. The van der Waals surface area contributed by atoms with Gasteiger partial charge in [0, 0.05) is 9.90 Å². The minimum Gasteiger partial charge on any atom is -0.376 e. The fourth-order valence-electron chi connectivity index (χ4n) is 1.49. The maximum absolute atomic E-state index is 6.09. The first-order valence-electron chi connectivity index (χ1n) is 5.28. The van der Waals surface area contributed by atoms with Crippen molar-refractivity contribution in [2.45, 2.75) is 20.4 Å². The number of nitrogens with one attached hydrogen (secondary N) is 1. The Morgan fingerprint density at radius 1 is 1.17 bits per heavy atom. The molecule has 0 saturated heterocycles. The van der Waals surface area contributed by atoms with Crippen molar-refractivity contribution in [1.29, 1.82) is 0 Å². The van der Waals surface area contributed by atoms with E-state index in [1.165, 1.54) is 4.88 Å². The highest BCUT2D eigenvalue weighted by Crippen LogP contribution is 2.34. The molecule has 2 aromatic rings. The van der Waals surface area contributed by atoms with E-state index in [0.717, 1.165) is 10.7 Å². The smallest absolute Gasteiger partial charge is 0.112 e. The van der Waals surface area contributed by atoms with Crippen molar-refractivity contribution in [3.8, 4) is 0 Å². The van der Waals surface area contributed by atoms with Crippen LogP contribution in [-0.2, 0) is 6.54 Å². The van der Waals surface area contributed by atoms with Gasteiger partial charge in [-0.2, -0.15) is 0 Å². The van der Waals surface area contributed by atoms with E-state index in [0.29, 0.717) is 27.3 Å². The molecule has 0 aliphatic carbocycles. The molecule has 2 nitrogen and oxygen atoms in total. The zero-order chi connectivity index (χ0) is 13.3. The van der Waals surface area contributed by atoms with E-state index in [1.54, 1.807) is 23.5 Å². The molecule has 0 aliphatic heterocycles. The maximum atomic E-state index is 6.09. The van der Waals surface area contributed by atoms with Crippen LogP contribution in [-0.4, -0.2) is 4.98 Å². The summed E-state index contributed by atoms with van der Waals surface area (Å²) in [6, 6.07) is 3.32. The van der Waals surface area contributed by atoms with Gasteiger partial charge in [0.25, 0.3) is 0 Å². The summed E-state index contributed by atoms with van der Waals surface area (Å²) in [5, 5.41) is 5.74. The first-order chi connectivity index (χ1) is 8.47. The first-order valence-corrected chi connectivity index (χ1v) is 7.23. The molecule has 1 heterocycles. The summed E-state index contributed by atoms with van der Waals surface area (Å²) < 4.78 is 0. The number of rotatable bonds is 3. The van der Waals surface area contributed by atoms with E-state index in [1.807, 2.05) is 6.92 Å². The number of halogens is 3. The van der Waals surface area contributed by atoms with E-state index in [9.17, 15) is 0 Å². The molecule has 0 fully saturated rings. The number of benzene rings is 1. The van der Waals surface area contributed by atoms with Crippen LogP contribution in [0.25, 0.3) is 0 Å². The Morgan fingerprint density at radius 3 is 2.28 bits per heavy atom. The molecular weight excluding hydrogens is 311 g/mol. The molecular formula is C12H11Cl3N2S. The van der Waals surface area contributed by atoms with Crippen LogP contribution in [0, 0.1) is 13.8 Å². The van der Waals surface area contributed by atoms with Crippen molar-refractivity contribution in [3.63, 3.8) is 0 Å². The molecule has 2 rings (SSSR count). The summed E-state index contributed by atoms with van der Waals surface area (Å²) in [7, 11) is 0. The van der Waals surface area contributed by atoms with Crippen LogP contribution in [0.3, 0.4) is 0 Å². The molecule has 6 heteroatoms. The second-order valence-corrected chi connectivity index (χ2v) is 6.39. The van der Waals surface area contributed by atoms with E-state index < -0.39 is 0 Å². The van der Waals surface area contributed by atoms with Crippen molar-refractivity contribution in [2.75, 3.05) is 5.32 Å². The van der Waals surface area contributed by atoms with Crippen LogP contribution in [0.2, 0.25) is 15.1 Å². The number of aromatic nitrogens is 1. The van der Waals surface area contributed by atoms with E-state index >= 15 is 0 Å². The van der Waals surface area contributed by atoms with E-state index in [2.05, 4.69) is 17.2 Å². The number of hydrogen-bond donors (Lipinski definition) is 1. The van der Waals surface area contributed by atoms with Crippen LogP contribution in [0.15, 0.2) is 12.1 Å². The van der Waals surface area contributed by atoms with Gasteiger partial charge in [-0.3, -0.25) is 0 Å². The van der Waals surface area contributed by atoms with E-state index in [4.69, 9.17) is 34.8 Å². The largest absolute Gasteiger partial charge is 0.376 e. The molecule has 0 spiro atoms. The third kappa shape index (κ3) is 3.09. The second kappa shape index (κ2) is 5.66. The third-order valence-corrected chi connectivity index (χ3v) is 4.38. The van der Waals surface area contributed by atoms with Crippen molar-refractivity contribution in [3.05, 3.63) is 42.8 Å². The Labute approximate surface area is 125 Å². The van der Waals surface area contributed by atoms with E-state index in [-0.39, 0.29) is 0 Å². The summed E-state index contributed by atoms with van der Waals surface area (Å²) in [4.78, 5) is 5.67. The highest BCUT2D eigenvalue weighted by molar-refractivity contribution is 7.11. The number of anilines is 1. The molecule has 0 atom stereocenters. The molecule has 0 bridgehead atoms. The second-order valence-electron chi connectivity index (χ2n) is 3.85. The van der Waals surface area contributed by atoms with Gasteiger partial charge >= 0.3 is 0 Å². The van der Waals surface area contributed by atoms with Gasteiger partial charge in [0.2, 0.25) is 0 Å². The summed E-state index contributed by atoms with van der Waals surface area (Å²) in [6.07, 6.45) is 0. The molecule has 0 saturated carbocycles. The van der Waals surface area contributed by atoms with Crippen LogP contribution >= 0.6 is 46.1 Å². The Bertz CT molecular complexity index is 538. The molecule has 1 aromatic heterocycles. The predicted molar refractivity (Wildman–Crippen MR) is 80.4 cm³/mol. The third-order valence-electron chi connectivity index (χ3n) is 2.50. The number of nitrogens with zero attached hydrogens (tertiary/aromatic N) is 1. The molecule has 1 aromatic carbocycles. The van der Waals surface area contributed by atoms with Crippen LogP contribution < -0.4 is 5.32 Å². The maximum Gasteiger partial charge on any atom is 0.112 e. The summed E-state index contributed by atoms with van der Waals surface area (Å²) in [5.74, 6) is 0. The lowest BCUT2D eigenvalue weighted by Gasteiger charge is -2.09. The summed E-state index contributed by atoms with van der Waals surface area (Å²) >= 11 is 19.7. The normalized spacial score (nSPS) is 10.7. The molecule has 1 N–H and O–H groups in total. The average Bonchev–Trinajstić information content (AvgIpc) is 2.56. The van der Waals surface area contributed by atoms with Crippen molar-refractivity contribution in [2.24, 2.45) is 0 Å². The monoisotopic (exact) mass is 320 g/mol. The molecule has 0 radical (unpaired) electrons. The molecule has 0 amide bonds. The first kappa shape index (κ1) is 13.9. The number of hydrogen-bond acceptors (Lipinski definition) is 3. The van der Waals surface area contributed by atoms with Crippen molar-refractivity contribution >= 4 is 51.8 Å². The van der Waals surface area contributed by atoms with Crippen LogP contribution in [0.1, 0.15) is 15.6 Å². The Kier molecular flexibility index (Phi) is 4.38. The van der Waals surface area contributed by atoms with Gasteiger partial charge in [0.05, 0.1) is 28.0 Å². The van der Waals surface area contributed by atoms with Gasteiger partial charge in [0.15, 0.2) is 0 Å². The Hall–Kier alpha value is -0.480. The predicted octanol–water partition coefficient (Wildman–Crippen LogP) is 5.33. The Morgan fingerprint density at radius 2 is 1.78 bits per heavy atom. The highest BCUT2D eigenvalue weighted by atomic mass is 35.5. The van der Waals surface area contributed by atoms with Gasteiger partial charge < -0.3 is 5.32 Å². The Balaban J connectivity index is 2.15. The lowest BCUT2D eigenvalue weighted by Crippen LogP contribution is -2.00. The fraction of sp³-hybridized carbons (Fsp3) is 0.250. The van der Waals surface area contributed by atoms with Gasteiger partial charge in [-0.1, -0.05) is 34.8 Å². The minimum atomic E-state index is 0.512. The fourth-order valence-corrected chi connectivity index (χ4v) is 3.31. The van der Waals surface area contributed by atoms with Crippen molar-refractivity contribution in [1.82, 2.24) is 4.98 Å². The molecule has 0 aliphatic rings. The van der Waals surface area contributed by atoms with Gasteiger partial charge in [-0.25, -0.2) is 4.98 Å². The average molecular weight is 322 g/mol. The van der Waals surface area contributed by atoms with Gasteiger partial charge in [-0.05, 0) is 26.0 Å². The topological polar surface area (TPSA) is 24.9 Å². The quantitative estimate of drug-likeness (QED) is 0.826. The van der Waals surface area contributed by atoms with Crippen LogP contribution in [0.4, 0.5) is 5.69 Å². The lowest BCUT2D eigenvalue weighted by atomic mass is 10.3. The SMILES string of the molecule is Cc1nc(CNc2c(Cl)cc(Cl)cc2Cl)sc1C. The summed E-state index contributed by atoms with van der Waals surface area (Å²) in [5.41, 5.74) is 1.75. The van der Waals surface area contributed by atoms with Gasteiger partial charge in [0.1, 0.15) is 5.01 Å². The number of thiazole rings is 1. The molecule has 0 unspecified atom stereocenters. The molecule has 96 valence electrons. The zero-order valence-electron chi connectivity index (χ0n) is 9.85. The minimum absolute atomic E-state index is 0.512. The van der Waals surface area contributed by atoms with Crippen molar-refractivity contribution < 1.29 is 0 Å². The summed E-state index contributed by atoms with van der Waals surface area (Å²) in [6.45, 7) is 4.65. The van der Waals surface area contributed by atoms with Crippen LogP contribution in [0.5, 0.6) is 0 Å². The van der Waals surface area contributed by atoms with Gasteiger partial charge in [-0.15, -0.1) is 11.3 Å².